The minimum Gasteiger partial charge on any atom is -0.327 e. The molecule has 0 spiro atoms. The van der Waals surface area contributed by atoms with E-state index in [1.165, 1.54) is 18.2 Å². The van der Waals surface area contributed by atoms with E-state index in [1.807, 2.05) is 0 Å². The molecular formula is C13H18ClF2N. The molecule has 0 aromatic heterocycles. The second-order valence-electron chi connectivity index (χ2n) is 5.33. The van der Waals surface area contributed by atoms with E-state index in [9.17, 15) is 8.78 Å². The standard InChI is InChI=1S/C13H18ClF2N/c1-12(2,3)13(16,8-17)7-9-4-5-10(15)6-11(9)14/h4-6H,7-8,17H2,1-3H3. The first kappa shape index (κ1) is 14.4. The molecule has 0 amide bonds. The van der Waals surface area contributed by atoms with E-state index in [4.69, 9.17) is 17.3 Å². The number of benzene rings is 1. The first-order valence-electron chi connectivity index (χ1n) is 5.52. The van der Waals surface area contributed by atoms with Crippen LogP contribution in [0.15, 0.2) is 18.2 Å². The summed E-state index contributed by atoms with van der Waals surface area (Å²) >= 11 is 5.90. The number of rotatable bonds is 3. The normalized spacial score (nSPS) is 15.7. The van der Waals surface area contributed by atoms with Crippen LogP contribution in [0.5, 0.6) is 0 Å². The third kappa shape index (κ3) is 3.17. The van der Waals surface area contributed by atoms with E-state index >= 15 is 0 Å². The van der Waals surface area contributed by atoms with Crippen molar-refractivity contribution < 1.29 is 8.78 Å². The summed E-state index contributed by atoms with van der Waals surface area (Å²) < 4.78 is 27.6. The Labute approximate surface area is 106 Å². The average molecular weight is 262 g/mol. The van der Waals surface area contributed by atoms with Crippen LogP contribution in [-0.4, -0.2) is 12.2 Å². The second-order valence-corrected chi connectivity index (χ2v) is 5.74. The zero-order valence-electron chi connectivity index (χ0n) is 10.4. The second kappa shape index (κ2) is 4.91. The van der Waals surface area contributed by atoms with Crippen molar-refractivity contribution in [2.45, 2.75) is 32.9 Å². The fourth-order valence-electron chi connectivity index (χ4n) is 1.61. The van der Waals surface area contributed by atoms with Gasteiger partial charge in [0.2, 0.25) is 0 Å². The van der Waals surface area contributed by atoms with Crippen molar-refractivity contribution >= 4 is 11.6 Å². The number of halogens is 3. The molecule has 0 aliphatic rings. The van der Waals surface area contributed by atoms with Gasteiger partial charge in [0.05, 0.1) is 0 Å². The van der Waals surface area contributed by atoms with Gasteiger partial charge in [0.15, 0.2) is 0 Å². The third-order valence-electron chi connectivity index (χ3n) is 3.15. The van der Waals surface area contributed by atoms with Gasteiger partial charge in [0, 0.05) is 18.0 Å². The summed E-state index contributed by atoms with van der Waals surface area (Å²) in [7, 11) is 0. The van der Waals surface area contributed by atoms with E-state index in [2.05, 4.69) is 0 Å². The van der Waals surface area contributed by atoms with Crippen LogP contribution in [0, 0.1) is 11.2 Å². The lowest BCUT2D eigenvalue weighted by atomic mass is 9.74. The molecule has 0 radical (unpaired) electrons. The monoisotopic (exact) mass is 261 g/mol. The molecule has 4 heteroatoms. The number of hydrogen-bond donors (Lipinski definition) is 1. The number of nitrogens with two attached hydrogens (primary N) is 1. The molecule has 0 fully saturated rings. The summed E-state index contributed by atoms with van der Waals surface area (Å²) in [6.07, 6.45) is 0.0894. The van der Waals surface area contributed by atoms with Gasteiger partial charge in [-0.25, -0.2) is 8.78 Å². The van der Waals surface area contributed by atoms with Crippen LogP contribution < -0.4 is 5.73 Å². The minimum absolute atomic E-state index is 0.0894. The Balaban J connectivity index is 3.03. The molecule has 0 saturated heterocycles. The summed E-state index contributed by atoms with van der Waals surface area (Å²) in [5, 5.41) is 0.240. The molecule has 0 bridgehead atoms. The van der Waals surface area contributed by atoms with Crippen molar-refractivity contribution in [2.75, 3.05) is 6.54 Å². The van der Waals surface area contributed by atoms with E-state index in [0.717, 1.165) is 0 Å². The highest BCUT2D eigenvalue weighted by Crippen LogP contribution is 2.37. The first-order valence-corrected chi connectivity index (χ1v) is 5.90. The van der Waals surface area contributed by atoms with Crippen molar-refractivity contribution in [2.24, 2.45) is 11.1 Å². The van der Waals surface area contributed by atoms with Gasteiger partial charge in [0.25, 0.3) is 0 Å². The largest absolute Gasteiger partial charge is 0.327 e. The molecule has 1 rings (SSSR count). The van der Waals surface area contributed by atoms with E-state index < -0.39 is 16.9 Å². The molecule has 96 valence electrons. The third-order valence-corrected chi connectivity index (χ3v) is 3.51. The maximum absolute atomic E-state index is 14.7. The molecule has 2 N–H and O–H groups in total. The van der Waals surface area contributed by atoms with Crippen LogP contribution in [0.3, 0.4) is 0 Å². The summed E-state index contributed by atoms with van der Waals surface area (Å²) in [5.41, 5.74) is 3.95. The Morgan fingerprint density at radius 2 is 1.88 bits per heavy atom. The summed E-state index contributed by atoms with van der Waals surface area (Å²) in [5.74, 6) is -0.424. The van der Waals surface area contributed by atoms with Crippen LogP contribution in [-0.2, 0) is 6.42 Å². The van der Waals surface area contributed by atoms with Gasteiger partial charge < -0.3 is 5.73 Å². The summed E-state index contributed by atoms with van der Waals surface area (Å²) in [4.78, 5) is 0. The van der Waals surface area contributed by atoms with Gasteiger partial charge in [-0.05, 0) is 23.1 Å². The van der Waals surface area contributed by atoms with Gasteiger partial charge in [-0.2, -0.15) is 0 Å². The Morgan fingerprint density at radius 3 is 2.29 bits per heavy atom. The van der Waals surface area contributed by atoms with Crippen molar-refractivity contribution in [1.82, 2.24) is 0 Å². The highest BCUT2D eigenvalue weighted by molar-refractivity contribution is 6.31. The van der Waals surface area contributed by atoms with Crippen LogP contribution in [0.1, 0.15) is 26.3 Å². The van der Waals surface area contributed by atoms with E-state index in [0.29, 0.717) is 5.56 Å². The quantitative estimate of drug-likeness (QED) is 0.881. The van der Waals surface area contributed by atoms with Crippen molar-refractivity contribution in [3.05, 3.63) is 34.6 Å². The lowest BCUT2D eigenvalue weighted by Crippen LogP contribution is -2.47. The number of hydrogen-bond acceptors (Lipinski definition) is 1. The smallest absolute Gasteiger partial charge is 0.132 e. The van der Waals surface area contributed by atoms with Crippen molar-refractivity contribution in [1.29, 1.82) is 0 Å². The predicted molar refractivity (Wildman–Crippen MR) is 67.5 cm³/mol. The summed E-state index contributed by atoms with van der Waals surface area (Å²) in [6, 6.07) is 3.98. The highest BCUT2D eigenvalue weighted by atomic mass is 35.5. The molecule has 1 nitrogen and oxygen atoms in total. The fraction of sp³-hybridized carbons (Fsp3) is 0.538. The molecule has 0 saturated carbocycles. The Bertz CT molecular complexity index is 401. The molecular weight excluding hydrogens is 244 g/mol. The maximum atomic E-state index is 14.7. The lowest BCUT2D eigenvalue weighted by molar-refractivity contribution is 0.0382. The van der Waals surface area contributed by atoms with Crippen LogP contribution in [0.2, 0.25) is 5.02 Å². The van der Waals surface area contributed by atoms with Gasteiger partial charge >= 0.3 is 0 Å². The molecule has 1 atom stereocenters. The van der Waals surface area contributed by atoms with Gasteiger partial charge in [-0.1, -0.05) is 38.4 Å². The zero-order chi connectivity index (χ0) is 13.3. The molecule has 0 aliphatic carbocycles. The van der Waals surface area contributed by atoms with Crippen LogP contribution in [0.4, 0.5) is 8.78 Å². The van der Waals surface area contributed by atoms with Gasteiger partial charge in [-0.15, -0.1) is 0 Å². The molecule has 17 heavy (non-hydrogen) atoms. The molecule has 0 heterocycles. The lowest BCUT2D eigenvalue weighted by Gasteiger charge is -2.37. The predicted octanol–water partition coefficient (Wildman–Crippen LogP) is 3.73. The Morgan fingerprint density at radius 1 is 1.29 bits per heavy atom. The Hall–Kier alpha value is -0.670. The van der Waals surface area contributed by atoms with Crippen molar-refractivity contribution in [3.8, 4) is 0 Å². The molecule has 1 aromatic carbocycles. The van der Waals surface area contributed by atoms with Crippen LogP contribution >= 0.6 is 11.6 Å². The van der Waals surface area contributed by atoms with Crippen LogP contribution in [0.25, 0.3) is 0 Å². The highest BCUT2D eigenvalue weighted by Gasteiger charge is 2.41. The minimum atomic E-state index is -1.56. The van der Waals surface area contributed by atoms with Gasteiger partial charge in [-0.3, -0.25) is 0 Å². The molecule has 0 aliphatic heterocycles. The topological polar surface area (TPSA) is 26.0 Å². The van der Waals surface area contributed by atoms with Crippen molar-refractivity contribution in [3.63, 3.8) is 0 Å². The average Bonchev–Trinajstić information content (AvgIpc) is 2.20. The maximum Gasteiger partial charge on any atom is 0.132 e. The zero-order valence-corrected chi connectivity index (χ0v) is 11.1. The van der Waals surface area contributed by atoms with Gasteiger partial charge in [0.1, 0.15) is 11.5 Å². The Kier molecular flexibility index (Phi) is 4.15. The molecule has 1 aromatic rings. The summed E-state index contributed by atoms with van der Waals surface area (Å²) in [6.45, 7) is 5.27. The number of alkyl halides is 1. The fourth-order valence-corrected chi connectivity index (χ4v) is 1.84. The molecule has 1 unspecified atom stereocenters. The first-order chi connectivity index (χ1) is 7.69. The SMILES string of the molecule is CC(C)(C)C(F)(CN)Cc1ccc(F)cc1Cl. The van der Waals surface area contributed by atoms with E-state index in [-0.39, 0.29) is 18.0 Å². The van der Waals surface area contributed by atoms with E-state index in [1.54, 1.807) is 20.8 Å².